The lowest BCUT2D eigenvalue weighted by Crippen LogP contribution is -2.30. The van der Waals surface area contributed by atoms with E-state index < -0.39 is 17.6 Å². The Morgan fingerprint density at radius 2 is 2.04 bits per heavy atom. The van der Waals surface area contributed by atoms with Crippen LogP contribution >= 0.6 is 11.8 Å². The normalized spacial score (nSPS) is 11.3. The number of nitrogens with zero attached hydrogens (tertiary/aromatic N) is 2. The number of nitrogens with one attached hydrogen (secondary N) is 1. The summed E-state index contributed by atoms with van der Waals surface area (Å²) in [6.45, 7) is 3.44. The van der Waals surface area contributed by atoms with Crippen molar-refractivity contribution in [2.45, 2.75) is 43.8 Å². The zero-order chi connectivity index (χ0) is 18.4. The van der Waals surface area contributed by atoms with Gasteiger partial charge in [0.05, 0.1) is 23.6 Å². The molecule has 0 aliphatic rings. The first-order valence-electron chi connectivity index (χ1n) is 7.73. The van der Waals surface area contributed by atoms with Crippen molar-refractivity contribution in [2.24, 2.45) is 0 Å². The molecular formula is C16H19F2N3O3S. The third-order valence-electron chi connectivity index (χ3n) is 3.13. The average Bonchev–Trinajstić information content (AvgIpc) is 2.83. The number of carbonyl (C=O) groups excluding carboxylic acids is 2. The molecule has 1 heterocycles. The zero-order valence-corrected chi connectivity index (χ0v) is 14.7. The standard InChI is InChI=1S/C16H19F2N3O3S/c1-10(2)24-14(23)7-8-19-13(22)9-21-12-6-4-3-5-11(12)20-16(21)25-15(17)18/h3-6,10,15H,7-9H2,1-2H3,(H,19,22). The second-order valence-corrected chi connectivity index (χ2v) is 6.44. The number of amides is 1. The van der Waals surface area contributed by atoms with Crippen molar-refractivity contribution in [3.05, 3.63) is 24.3 Å². The van der Waals surface area contributed by atoms with Gasteiger partial charge in [0.2, 0.25) is 5.91 Å². The Morgan fingerprint density at radius 3 is 2.72 bits per heavy atom. The lowest BCUT2D eigenvalue weighted by atomic mass is 10.3. The molecule has 0 saturated heterocycles. The summed E-state index contributed by atoms with van der Waals surface area (Å²) in [5.41, 5.74) is 1.14. The maximum absolute atomic E-state index is 12.7. The summed E-state index contributed by atoms with van der Waals surface area (Å²) in [5, 5.41) is 2.66. The molecule has 2 rings (SSSR count). The maximum Gasteiger partial charge on any atom is 0.307 e. The van der Waals surface area contributed by atoms with Crippen molar-refractivity contribution in [1.29, 1.82) is 0 Å². The van der Waals surface area contributed by atoms with Gasteiger partial charge in [0.15, 0.2) is 5.16 Å². The van der Waals surface area contributed by atoms with Gasteiger partial charge in [0.25, 0.3) is 5.76 Å². The molecule has 0 fully saturated rings. The van der Waals surface area contributed by atoms with Crippen LogP contribution in [0.1, 0.15) is 20.3 Å². The van der Waals surface area contributed by atoms with Gasteiger partial charge < -0.3 is 14.6 Å². The third-order valence-corrected chi connectivity index (χ3v) is 3.83. The van der Waals surface area contributed by atoms with E-state index in [4.69, 9.17) is 4.74 Å². The SMILES string of the molecule is CC(C)OC(=O)CCNC(=O)Cn1c(SC(F)F)nc2ccccc21. The molecule has 25 heavy (non-hydrogen) atoms. The topological polar surface area (TPSA) is 73.2 Å². The Bertz CT molecular complexity index is 749. The molecule has 0 aliphatic heterocycles. The van der Waals surface area contributed by atoms with Crippen molar-refractivity contribution in [3.63, 3.8) is 0 Å². The number of para-hydroxylation sites is 2. The molecule has 0 aliphatic carbocycles. The largest absolute Gasteiger partial charge is 0.463 e. The second kappa shape index (κ2) is 8.80. The Morgan fingerprint density at radius 1 is 1.32 bits per heavy atom. The first-order chi connectivity index (χ1) is 11.9. The molecular weight excluding hydrogens is 352 g/mol. The van der Waals surface area contributed by atoms with Crippen LogP contribution in [0.15, 0.2) is 29.4 Å². The number of rotatable bonds is 8. The van der Waals surface area contributed by atoms with E-state index in [2.05, 4.69) is 10.3 Å². The molecule has 6 nitrogen and oxygen atoms in total. The van der Waals surface area contributed by atoms with E-state index in [0.717, 1.165) is 0 Å². The van der Waals surface area contributed by atoms with Crippen LogP contribution in [0, 0.1) is 0 Å². The molecule has 9 heteroatoms. The van der Waals surface area contributed by atoms with Crippen molar-refractivity contribution < 1.29 is 23.1 Å². The number of esters is 1. The van der Waals surface area contributed by atoms with Crippen molar-refractivity contribution in [3.8, 4) is 0 Å². The van der Waals surface area contributed by atoms with Crippen LogP contribution in [0.5, 0.6) is 0 Å². The molecule has 1 N–H and O–H groups in total. The fourth-order valence-electron chi connectivity index (χ4n) is 2.20. The van der Waals surface area contributed by atoms with Crippen LogP contribution in [0.4, 0.5) is 8.78 Å². The number of imidazole rings is 1. The van der Waals surface area contributed by atoms with Crippen LogP contribution in [0.2, 0.25) is 0 Å². The highest BCUT2D eigenvalue weighted by atomic mass is 32.2. The maximum atomic E-state index is 12.7. The number of carbonyl (C=O) groups is 2. The summed E-state index contributed by atoms with van der Waals surface area (Å²) >= 11 is 0.293. The first-order valence-corrected chi connectivity index (χ1v) is 8.61. The van der Waals surface area contributed by atoms with Gasteiger partial charge in [-0.05, 0) is 37.7 Å². The van der Waals surface area contributed by atoms with Gasteiger partial charge in [0, 0.05) is 6.54 Å². The summed E-state index contributed by atoms with van der Waals surface area (Å²) in [5.74, 6) is -3.43. The van der Waals surface area contributed by atoms with Gasteiger partial charge in [-0.2, -0.15) is 8.78 Å². The molecule has 0 atom stereocenters. The van der Waals surface area contributed by atoms with Crippen LogP contribution < -0.4 is 5.32 Å². The smallest absolute Gasteiger partial charge is 0.307 e. The number of aromatic nitrogens is 2. The number of ether oxygens (including phenoxy) is 1. The van der Waals surface area contributed by atoms with Crippen LogP contribution in [-0.4, -0.2) is 39.8 Å². The highest BCUT2D eigenvalue weighted by Gasteiger charge is 2.17. The van der Waals surface area contributed by atoms with Gasteiger partial charge in [-0.3, -0.25) is 9.59 Å². The summed E-state index contributed by atoms with van der Waals surface area (Å²) in [4.78, 5) is 27.7. The minimum absolute atomic E-state index is 0.0488. The van der Waals surface area contributed by atoms with E-state index >= 15 is 0 Å². The number of alkyl halides is 2. The van der Waals surface area contributed by atoms with E-state index in [1.807, 2.05) is 0 Å². The number of benzene rings is 1. The molecule has 0 spiro atoms. The van der Waals surface area contributed by atoms with E-state index in [1.165, 1.54) is 4.57 Å². The highest BCUT2D eigenvalue weighted by Crippen LogP contribution is 2.28. The first kappa shape index (κ1) is 19.2. The van der Waals surface area contributed by atoms with Crippen LogP contribution in [-0.2, 0) is 20.9 Å². The molecule has 0 saturated carbocycles. The van der Waals surface area contributed by atoms with E-state index in [1.54, 1.807) is 38.1 Å². The Hall–Kier alpha value is -2.16. The Kier molecular flexibility index (Phi) is 6.74. The quantitative estimate of drug-likeness (QED) is 0.571. The summed E-state index contributed by atoms with van der Waals surface area (Å²) in [6, 6.07) is 6.90. The van der Waals surface area contributed by atoms with Gasteiger partial charge in [-0.25, -0.2) is 4.98 Å². The van der Waals surface area contributed by atoms with E-state index in [9.17, 15) is 18.4 Å². The number of hydrogen-bond acceptors (Lipinski definition) is 5. The number of halogens is 2. The summed E-state index contributed by atoms with van der Waals surface area (Å²) < 4.78 is 31.8. The van der Waals surface area contributed by atoms with E-state index in [0.29, 0.717) is 22.8 Å². The average molecular weight is 371 g/mol. The molecule has 136 valence electrons. The van der Waals surface area contributed by atoms with Gasteiger partial charge in [-0.15, -0.1) is 0 Å². The zero-order valence-electron chi connectivity index (χ0n) is 13.9. The van der Waals surface area contributed by atoms with Gasteiger partial charge in [-0.1, -0.05) is 12.1 Å². The fraction of sp³-hybridized carbons (Fsp3) is 0.438. The molecule has 1 aromatic heterocycles. The fourth-order valence-corrected chi connectivity index (χ4v) is 2.80. The molecule has 1 amide bonds. The molecule has 0 radical (unpaired) electrons. The highest BCUT2D eigenvalue weighted by molar-refractivity contribution is 7.99. The Labute approximate surface area is 147 Å². The minimum atomic E-state index is -2.63. The third kappa shape index (κ3) is 5.70. The lowest BCUT2D eigenvalue weighted by Gasteiger charge is -2.10. The summed E-state index contributed by atoms with van der Waals surface area (Å²) in [7, 11) is 0. The second-order valence-electron chi connectivity index (χ2n) is 5.49. The number of thioether (sulfide) groups is 1. The van der Waals surface area contributed by atoms with Gasteiger partial charge in [0.1, 0.15) is 6.54 Å². The Balaban J connectivity index is 2.01. The lowest BCUT2D eigenvalue weighted by molar-refractivity contribution is -0.147. The molecule has 1 aromatic carbocycles. The molecule has 2 aromatic rings. The molecule has 0 bridgehead atoms. The van der Waals surface area contributed by atoms with Crippen molar-refractivity contribution in [1.82, 2.24) is 14.9 Å². The van der Waals surface area contributed by atoms with Crippen molar-refractivity contribution in [2.75, 3.05) is 6.54 Å². The predicted molar refractivity (Wildman–Crippen MR) is 90.4 cm³/mol. The van der Waals surface area contributed by atoms with Crippen LogP contribution in [0.3, 0.4) is 0 Å². The summed E-state index contributed by atoms with van der Waals surface area (Å²) in [6.07, 6.45) is -0.165. The minimum Gasteiger partial charge on any atom is -0.463 e. The van der Waals surface area contributed by atoms with Gasteiger partial charge >= 0.3 is 5.97 Å². The van der Waals surface area contributed by atoms with Crippen molar-refractivity contribution >= 4 is 34.7 Å². The molecule has 0 unspecified atom stereocenters. The van der Waals surface area contributed by atoms with E-state index in [-0.39, 0.29) is 30.8 Å². The monoisotopic (exact) mass is 371 g/mol. The predicted octanol–water partition coefficient (Wildman–Crippen LogP) is 2.81. The van der Waals surface area contributed by atoms with Crippen LogP contribution in [0.25, 0.3) is 11.0 Å². The number of hydrogen-bond donors (Lipinski definition) is 1. The number of fused-ring (bicyclic) bond motifs is 1.